The molecule has 3 rings (SSSR count). The molecule has 1 unspecified atom stereocenters. The van der Waals surface area contributed by atoms with E-state index in [2.05, 4.69) is 20.5 Å². The molecule has 1 atom stereocenters. The van der Waals surface area contributed by atoms with Gasteiger partial charge in [-0.2, -0.15) is 0 Å². The predicted octanol–water partition coefficient (Wildman–Crippen LogP) is 1.22. The van der Waals surface area contributed by atoms with E-state index in [4.69, 9.17) is 0 Å². The zero-order valence-electron chi connectivity index (χ0n) is 14.0. The highest BCUT2D eigenvalue weighted by atomic mass is 16.2. The second-order valence-electron chi connectivity index (χ2n) is 6.70. The molecule has 2 aliphatic rings. The molecule has 2 heterocycles. The highest BCUT2D eigenvalue weighted by Gasteiger charge is 2.32. The fourth-order valence-electron chi connectivity index (χ4n) is 3.58. The van der Waals surface area contributed by atoms with Crippen molar-refractivity contribution in [1.82, 2.24) is 20.5 Å². The van der Waals surface area contributed by atoms with Crippen LogP contribution in [0.15, 0.2) is 24.4 Å². The van der Waals surface area contributed by atoms with Crippen molar-refractivity contribution in [2.24, 2.45) is 0 Å². The van der Waals surface area contributed by atoms with Crippen molar-refractivity contribution in [3.05, 3.63) is 30.1 Å². The lowest BCUT2D eigenvalue weighted by molar-refractivity contribution is -0.134. The molecule has 1 aromatic heterocycles. The molecule has 1 saturated heterocycles. The maximum Gasteiger partial charge on any atom is 0.237 e. The molecular formula is C18H26N4O2. The molecule has 2 fully saturated rings. The largest absolute Gasteiger partial charge is 0.353 e. The van der Waals surface area contributed by atoms with Gasteiger partial charge >= 0.3 is 0 Å². The molecule has 1 aliphatic carbocycles. The Morgan fingerprint density at radius 2 is 2.12 bits per heavy atom. The molecule has 2 amide bonds. The molecule has 24 heavy (non-hydrogen) atoms. The average molecular weight is 330 g/mol. The van der Waals surface area contributed by atoms with Gasteiger partial charge in [0.15, 0.2) is 0 Å². The number of carbonyl (C=O) groups is 2. The van der Waals surface area contributed by atoms with E-state index < -0.39 is 6.04 Å². The summed E-state index contributed by atoms with van der Waals surface area (Å²) < 4.78 is 0. The van der Waals surface area contributed by atoms with E-state index in [-0.39, 0.29) is 24.3 Å². The maximum absolute atomic E-state index is 12.4. The summed E-state index contributed by atoms with van der Waals surface area (Å²) in [5, 5.41) is 5.99. The van der Waals surface area contributed by atoms with Crippen LogP contribution >= 0.6 is 0 Å². The first-order chi connectivity index (χ1) is 11.7. The number of hydrogen-bond donors (Lipinski definition) is 2. The van der Waals surface area contributed by atoms with Crippen molar-refractivity contribution in [1.29, 1.82) is 0 Å². The SMILES string of the molecule is O=C(CC1C(=O)NCCN1Cc1ccccn1)NC1CCCCC1. The first-order valence-electron chi connectivity index (χ1n) is 8.93. The van der Waals surface area contributed by atoms with E-state index in [1.807, 2.05) is 18.2 Å². The number of aromatic nitrogens is 1. The zero-order chi connectivity index (χ0) is 16.8. The molecule has 0 aromatic carbocycles. The van der Waals surface area contributed by atoms with Gasteiger partial charge in [-0.05, 0) is 25.0 Å². The second kappa shape index (κ2) is 8.24. The minimum Gasteiger partial charge on any atom is -0.353 e. The van der Waals surface area contributed by atoms with Gasteiger partial charge in [0.1, 0.15) is 0 Å². The molecule has 0 bridgehead atoms. The molecule has 1 saturated carbocycles. The number of amides is 2. The Hall–Kier alpha value is -1.95. The summed E-state index contributed by atoms with van der Waals surface area (Å²) >= 11 is 0. The fraction of sp³-hybridized carbons (Fsp3) is 0.611. The van der Waals surface area contributed by atoms with Crippen LogP contribution < -0.4 is 10.6 Å². The molecule has 1 aromatic rings. The van der Waals surface area contributed by atoms with Gasteiger partial charge in [0.2, 0.25) is 11.8 Å². The summed E-state index contributed by atoms with van der Waals surface area (Å²) in [6.45, 7) is 1.95. The van der Waals surface area contributed by atoms with Crippen LogP contribution in [0.4, 0.5) is 0 Å². The minimum absolute atomic E-state index is 0.0185. The van der Waals surface area contributed by atoms with Gasteiger partial charge in [0, 0.05) is 31.9 Å². The number of piperazine rings is 1. The van der Waals surface area contributed by atoms with Crippen LogP contribution in [0.25, 0.3) is 0 Å². The number of rotatable bonds is 5. The van der Waals surface area contributed by atoms with Crippen LogP contribution in [0, 0.1) is 0 Å². The average Bonchev–Trinajstić information content (AvgIpc) is 2.60. The fourth-order valence-corrected chi connectivity index (χ4v) is 3.58. The standard InChI is InChI=1S/C18H26N4O2/c23-17(21-14-6-2-1-3-7-14)12-16-18(24)20-10-11-22(16)13-15-8-4-5-9-19-15/h4-5,8-9,14,16H,1-3,6-7,10-13H2,(H,20,24)(H,21,23). The molecule has 130 valence electrons. The molecule has 1 aliphatic heterocycles. The molecule has 6 nitrogen and oxygen atoms in total. The Bertz CT molecular complexity index is 557. The van der Waals surface area contributed by atoms with Gasteiger partial charge in [0.25, 0.3) is 0 Å². The van der Waals surface area contributed by atoms with E-state index in [1.54, 1.807) is 6.20 Å². The Kier molecular flexibility index (Phi) is 5.80. The van der Waals surface area contributed by atoms with Crippen LogP contribution in [0.5, 0.6) is 0 Å². The lowest BCUT2D eigenvalue weighted by Gasteiger charge is -2.34. The number of hydrogen-bond acceptors (Lipinski definition) is 4. The first kappa shape index (κ1) is 16.9. The van der Waals surface area contributed by atoms with Crippen molar-refractivity contribution in [2.45, 2.75) is 57.2 Å². The highest BCUT2D eigenvalue weighted by molar-refractivity contribution is 5.88. The summed E-state index contributed by atoms with van der Waals surface area (Å²) in [5.41, 5.74) is 0.921. The molecular weight excluding hydrogens is 304 g/mol. The van der Waals surface area contributed by atoms with Crippen molar-refractivity contribution in [2.75, 3.05) is 13.1 Å². The number of nitrogens with one attached hydrogen (secondary N) is 2. The van der Waals surface area contributed by atoms with E-state index in [1.165, 1.54) is 19.3 Å². The highest BCUT2D eigenvalue weighted by Crippen LogP contribution is 2.18. The van der Waals surface area contributed by atoms with Crippen LogP contribution in [0.1, 0.15) is 44.2 Å². The molecule has 0 spiro atoms. The number of pyridine rings is 1. The third kappa shape index (κ3) is 4.54. The third-order valence-corrected chi connectivity index (χ3v) is 4.88. The monoisotopic (exact) mass is 330 g/mol. The van der Waals surface area contributed by atoms with E-state index in [0.29, 0.717) is 13.1 Å². The van der Waals surface area contributed by atoms with E-state index in [0.717, 1.165) is 25.1 Å². The predicted molar refractivity (Wildman–Crippen MR) is 91.1 cm³/mol. The number of carbonyl (C=O) groups excluding carboxylic acids is 2. The van der Waals surface area contributed by atoms with Crippen LogP contribution in [0.2, 0.25) is 0 Å². The van der Waals surface area contributed by atoms with Gasteiger partial charge in [-0.3, -0.25) is 19.5 Å². The van der Waals surface area contributed by atoms with Gasteiger partial charge in [0.05, 0.1) is 18.2 Å². The first-order valence-corrected chi connectivity index (χ1v) is 8.93. The summed E-state index contributed by atoms with van der Waals surface area (Å²) in [4.78, 5) is 31.0. The Morgan fingerprint density at radius 3 is 2.88 bits per heavy atom. The second-order valence-corrected chi connectivity index (χ2v) is 6.70. The summed E-state index contributed by atoms with van der Waals surface area (Å²) in [5.74, 6) is -0.0778. The van der Waals surface area contributed by atoms with E-state index in [9.17, 15) is 9.59 Å². The normalized spacial score (nSPS) is 22.8. The summed E-state index contributed by atoms with van der Waals surface area (Å²) in [7, 11) is 0. The smallest absolute Gasteiger partial charge is 0.237 e. The van der Waals surface area contributed by atoms with Crippen LogP contribution in [-0.2, 0) is 16.1 Å². The third-order valence-electron chi connectivity index (χ3n) is 4.88. The number of nitrogens with zero attached hydrogens (tertiary/aromatic N) is 2. The summed E-state index contributed by atoms with van der Waals surface area (Å²) in [6, 6.07) is 5.64. The van der Waals surface area contributed by atoms with Crippen molar-refractivity contribution >= 4 is 11.8 Å². The Balaban J connectivity index is 1.59. The van der Waals surface area contributed by atoms with Gasteiger partial charge < -0.3 is 10.6 Å². The van der Waals surface area contributed by atoms with Crippen LogP contribution in [-0.4, -0.2) is 46.9 Å². The van der Waals surface area contributed by atoms with Crippen molar-refractivity contribution in [3.63, 3.8) is 0 Å². The zero-order valence-corrected chi connectivity index (χ0v) is 14.0. The van der Waals surface area contributed by atoms with E-state index >= 15 is 0 Å². The van der Waals surface area contributed by atoms with Crippen molar-refractivity contribution in [3.8, 4) is 0 Å². The summed E-state index contributed by atoms with van der Waals surface area (Å²) in [6.07, 6.45) is 7.70. The van der Waals surface area contributed by atoms with Gasteiger partial charge in [-0.25, -0.2) is 0 Å². The topological polar surface area (TPSA) is 74.3 Å². The van der Waals surface area contributed by atoms with Gasteiger partial charge in [-0.15, -0.1) is 0 Å². The van der Waals surface area contributed by atoms with Gasteiger partial charge in [-0.1, -0.05) is 25.3 Å². The molecule has 0 radical (unpaired) electrons. The molecule has 6 heteroatoms. The van der Waals surface area contributed by atoms with Crippen molar-refractivity contribution < 1.29 is 9.59 Å². The Morgan fingerprint density at radius 1 is 1.29 bits per heavy atom. The molecule has 2 N–H and O–H groups in total. The lowest BCUT2D eigenvalue weighted by Crippen LogP contribution is -2.56. The van der Waals surface area contributed by atoms with Crippen LogP contribution in [0.3, 0.4) is 0 Å². The lowest BCUT2D eigenvalue weighted by atomic mass is 9.95. The quantitative estimate of drug-likeness (QED) is 0.851. The minimum atomic E-state index is -0.413. The maximum atomic E-state index is 12.4. The Labute approximate surface area is 143 Å².